The van der Waals surface area contributed by atoms with Gasteiger partial charge in [-0.25, -0.2) is 9.78 Å². The zero-order chi connectivity index (χ0) is 23.8. The molecule has 170 valence electrons. The van der Waals surface area contributed by atoms with Crippen molar-refractivity contribution >= 4 is 51.6 Å². The first kappa shape index (κ1) is 22.7. The molecule has 2 N–H and O–H groups in total. The van der Waals surface area contributed by atoms with Crippen molar-refractivity contribution in [2.24, 2.45) is 7.05 Å². The van der Waals surface area contributed by atoms with Gasteiger partial charge in [0.05, 0.1) is 26.8 Å². The normalized spacial score (nSPS) is 11.5. The van der Waals surface area contributed by atoms with Crippen molar-refractivity contribution in [3.8, 4) is 11.6 Å². The standard InChI is InChI=1S/C21H14Cl2F3N5O2/c1-31-7-6-17-18(31)19(28-10-27-17)33-12-3-5-16(15(23)9-12)30-20(32)29-11-2-4-14(22)13(8-11)21(24,25)26/h2-10H,1H3,(H2,29,30,32). The Kier molecular flexibility index (Phi) is 6.05. The molecule has 2 amide bonds. The van der Waals surface area contributed by atoms with E-state index in [2.05, 4.69) is 20.6 Å². The molecule has 0 unspecified atom stereocenters. The minimum Gasteiger partial charge on any atom is -0.437 e. The second kappa shape index (κ2) is 8.80. The second-order valence-corrected chi connectivity index (χ2v) is 7.67. The summed E-state index contributed by atoms with van der Waals surface area (Å²) in [6.45, 7) is 0. The quantitative estimate of drug-likeness (QED) is 0.328. The van der Waals surface area contributed by atoms with Gasteiger partial charge in [0.1, 0.15) is 17.6 Å². The van der Waals surface area contributed by atoms with Gasteiger partial charge in [-0.1, -0.05) is 23.2 Å². The average Bonchev–Trinajstić information content (AvgIpc) is 3.12. The Hall–Kier alpha value is -3.50. The Morgan fingerprint density at radius 3 is 2.55 bits per heavy atom. The summed E-state index contributed by atoms with van der Waals surface area (Å²) >= 11 is 11.8. The van der Waals surface area contributed by atoms with Gasteiger partial charge in [0.2, 0.25) is 5.88 Å². The van der Waals surface area contributed by atoms with E-state index >= 15 is 0 Å². The van der Waals surface area contributed by atoms with Crippen LogP contribution in [0.1, 0.15) is 5.56 Å². The second-order valence-electron chi connectivity index (χ2n) is 6.85. The number of hydrogen-bond acceptors (Lipinski definition) is 4. The number of aryl methyl sites for hydroxylation is 1. The fourth-order valence-electron chi connectivity index (χ4n) is 3.04. The van der Waals surface area contributed by atoms with Crippen LogP contribution >= 0.6 is 23.2 Å². The maximum Gasteiger partial charge on any atom is 0.417 e. The molecule has 0 aliphatic rings. The number of nitrogens with one attached hydrogen (secondary N) is 2. The Bertz CT molecular complexity index is 1360. The molecule has 4 rings (SSSR count). The fourth-order valence-corrected chi connectivity index (χ4v) is 3.48. The Labute approximate surface area is 195 Å². The molecule has 7 nitrogen and oxygen atoms in total. The summed E-state index contributed by atoms with van der Waals surface area (Å²) < 4.78 is 46.6. The molecule has 0 atom stereocenters. The predicted octanol–water partition coefficient (Wildman–Crippen LogP) is 6.73. The van der Waals surface area contributed by atoms with Gasteiger partial charge in [-0.05, 0) is 36.4 Å². The van der Waals surface area contributed by atoms with Crippen molar-refractivity contribution in [1.29, 1.82) is 0 Å². The van der Waals surface area contributed by atoms with Gasteiger partial charge in [-0.15, -0.1) is 0 Å². The maximum absolute atomic E-state index is 13.0. The van der Waals surface area contributed by atoms with Crippen LogP contribution in [-0.4, -0.2) is 20.6 Å². The van der Waals surface area contributed by atoms with Gasteiger partial charge in [0.15, 0.2) is 0 Å². The highest BCUT2D eigenvalue weighted by Gasteiger charge is 2.33. The van der Waals surface area contributed by atoms with Crippen molar-refractivity contribution in [1.82, 2.24) is 14.5 Å². The van der Waals surface area contributed by atoms with Crippen LogP contribution in [0.25, 0.3) is 11.0 Å². The van der Waals surface area contributed by atoms with Gasteiger partial charge in [0.25, 0.3) is 0 Å². The van der Waals surface area contributed by atoms with Crippen LogP contribution in [0.3, 0.4) is 0 Å². The molecular weight excluding hydrogens is 482 g/mol. The summed E-state index contributed by atoms with van der Waals surface area (Å²) in [7, 11) is 1.83. The van der Waals surface area contributed by atoms with Crippen LogP contribution in [0.2, 0.25) is 10.0 Å². The molecule has 2 aromatic heterocycles. The van der Waals surface area contributed by atoms with Crippen molar-refractivity contribution in [3.05, 3.63) is 70.6 Å². The van der Waals surface area contributed by atoms with Crippen LogP contribution in [0.15, 0.2) is 55.0 Å². The van der Waals surface area contributed by atoms with Crippen LogP contribution in [0.5, 0.6) is 11.6 Å². The first-order valence-electron chi connectivity index (χ1n) is 9.30. The van der Waals surface area contributed by atoms with E-state index in [4.69, 9.17) is 27.9 Å². The predicted molar refractivity (Wildman–Crippen MR) is 119 cm³/mol. The molecule has 2 aromatic carbocycles. The Morgan fingerprint density at radius 2 is 1.82 bits per heavy atom. The number of amides is 2. The van der Waals surface area contributed by atoms with Crippen LogP contribution in [0, 0.1) is 0 Å². The number of halogens is 5. The number of benzene rings is 2. The van der Waals surface area contributed by atoms with Gasteiger partial charge in [0, 0.05) is 25.0 Å². The number of alkyl halides is 3. The SMILES string of the molecule is Cn1ccc2ncnc(Oc3ccc(NC(=O)Nc4ccc(Cl)c(C(F)(F)F)c4)c(Cl)c3)c21. The van der Waals surface area contributed by atoms with Crippen molar-refractivity contribution in [3.63, 3.8) is 0 Å². The number of urea groups is 1. The van der Waals surface area contributed by atoms with Gasteiger partial charge < -0.3 is 19.9 Å². The molecule has 4 aromatic rings. The minimum absolute atomic E-state index is 0.0874. The molecule has 33 heavy (non-hydrogen) atoms. The number of rotatable bonds is 4. The number of hydrogen-bond donors (Lipinski definition) is 2. The van der Waals surface area contributed by atoms with Crippen molar-refractivity contribution in [2.45, 2.75) is 6.18 Å². The molecule has 2 heterocycles. The highest BCUT2D eigenvalue weighted by molar-refractivity contribution is 6.34. The lowest BCUT2D eigenvalue weighted by Crippen LogP contribution is -2.20. The smallest absolute Gasteiger partial charge is 0.417 e. The summed E-state index contributed by atoms with van der Waals surface area (Å²) in [6, 6.07) is 8.59. The lowest BCUT2D eigenvalue weighted by molar-refractivity contribution is -0.137. The highest BCUT2D eigenvalue weighted by atomic mass is 35.5. The number of ether oxygens (including phenoxy) is 1. The maximum atomic E-state index is 13.0. The molecule has 0 radical (unpaired) electrons. The third-order valence-electron chi connectivity index (χ3n) is 4.56. The van der Waals surface area contributed by atoms with E-state index in [0.717, 1.165) is 12.1 Å². The lowest BCUT2D eigenvalue weighted by Gasteiger charge is -2.13. The first-order chi connectivity index (χ1) is 15.6. The fraction of sp³-hybridized carbons (Fsp3) is 0.0952. The molecule has 12 heteroatoms. The van der Waals surface area contributed by atoms with Crippen LogP contribution in [-0.2, 0) is 13.2 Å². The number of carbonyl (C=O) groups is 1. The number of fused-ring (bicyclic) bond motifs is 1. The molecule has 0 saturated heterocycles. The molecule has 0 spiro atoms. The largest absolute Gasteiger partial charge is 0.437 e. The van der Waals surface area contributed by atoms with E-state index in [1.54, 1.807) is 6.07 Å². The van der Waals surface area contributed by atoms with Gasteiger partial charge >= 0.3 is 12.2 Å². The minimum atomic E-state index is -4.65. The van der Waals surface area contributed by atoms with Crippen LogP contribution < -0.4 is 15.4 Å². The zero-order valence-corrected chi connectivity index (χ0v) is 18.3. The van der Waals surface area contributed by atoms with E-state index in [-0.39, 0.29) is 16.4 Å². The summed E-state index contributed by atoms with van der Waals surface area (Å²) in [6.07, 6.45) is -1.46. The van der Waals surface area contributed by atoms with Gasteiger partial charge in [-0.2, -0.15) is 18.2 Å². The molecular formula is C21H14Cl2F3N5O2. The average molecular weight is 496 g/mol. The Balaban J connectivity index is 1.47. The third-order valence-corrected chi connectivity index (χ3v) is 5.20. The Morgan fingerprint density at radius 1 is 1.03 bits per heavy atom. The van der Waals surface area contributed by atoms with E-state index in [1.165, 1.54) is 24.5 Å². The number of carbonyl (C=O) groups excluding carboxylic acids is 1. The van der Waals surface area contributed by atoms with E-state index < -0.39 is 22.8 Å². The molecule has 0 fully saturated rings. The molecule has 0 bridgehead atoms. The van der Waals surface area contributed by atoms with Crippen LogP contribution in [0.4, 0.5) is 29.3 Å². The van der Waals surface area contributed by atoms with E-state index in [9.17, 15) is 18.0 Å². The van der Waals surface area contributed by atoms with E-state index in [1.807, 2.05) is 23.9 Å². The summed E-state index contributed by atoms with van der Waals surface area (Å²) in [5.74, 6) is 0.685. The van der Waals surface area contributed by atoms with Crippen molar-refractivity contribution in [2.75, 3.05) is 10.6 Å². The number of nitrogens with zero attached hydrogens (tertiary/aromatic N) is 3. The lowest BCUT2D eigenvalue weighted by atomic mass is 10.2. The summed E-state index contributed by atoms with van der Waals surface area (Å²) in [4.78, 5) is 20.6. The monoisotopic (exact) mass is 495 g/mol. The highest BCUT2D eigenvalue weighted by Crippen LogP contribution is 2.36. The molecule has 0 aliphatic heterocycles. The summed E-state index contributed by atoms with van der Waals surface area (Å²) in [5, 5.41) is 4.47. The molecule has 0 aliphatic carbocycles. The first-order valence-corrected chi connectivity index (χ1v) is 10.1. The number of aromatic nitrogens is 3. The topological polar surface area (TPSA) is 81.1 Å². The van der Waals surface area contributed by atoms with Gasteiger partial charge in [-0.3, -0.25) is 0 Å². The third kappa shape index (κ3) is 4.96. The van der Waals surface area contributed by atoms with Crippen molar-refractivity contribution < 1.29 is 22.7 Å². The molecule has 0 saturated carbocycles. The summed E-state index contributed by atoms with van der Waals surface area (Å²) in [5.41, 5.74) is 0.475. The van der Waals surface area contributed by atoms with E-state index in [0.29, 0.717) is 22.7 Å². The number of anilines is 2. The zero-order valence-electron chi connectivity index (χ0n) is 16.7.